The molecular weight excluding hydrogens is 447 g/mol. The Morgan fingerprint density at radius 3 is 2.53 bits per heavy atom. The quantitative estimate of drug-likeness (QED) is 0.620. The van der Waals surface area contributed by atoms with Crippen LogP contribution in [0.1, 0.15) is 29.5 Å². The third-order valence-electron chi connectivity index (χ3n) is 5.45. The van der Waals surface area contributed by atoms with Crippen LogP contribution < -0.4 is 10.8 Å². The van der Waals surface area contributed by atoms with Crippen LogP contribution in [0.15, 0.2) is 48.5 Å². The van der Waals surface area contributed by atoms with Crippen LogP contribution >= 0.6 is 11.6 Å². The maximum Gasteiger partial charge on any atom is 0.430 e. The maximum absolute atomic E-state index is 12.9. The van der Waals surface area contributed by atoms with E-state index in [2.05, 4.69) is 10.8 Å². The summed E-state index contributed by atoms with van der Waals surface area (Å²) in [7, 11) is 0. The van der Waals surface area contributed by atoms with E-state index >= 15 is 0 Å². The molecule has 1 spiro atoms. The largest absolute Gasteiger partial charge is 0.430 e. The van der Waals surface area contributed by atoms with E-state index in [0.717, 1.165) is 35.0 Å². The second-order valence-corrected chi connectivity index (χ2v) is 8.23. The molecule has 170 valence electrons. The predicted octanol–water partition coefficient (Wildman–Crippen LogP) is 5.54. The summed E-state index contributed by atoms with van der Waals surface area (Å²) in [5, 5.41) is 3.70. The number of hydrogen-bond donors (Lipinski definition) is 2. The summed E-state index contributed by atoms with van der Waals surface area (Å²) in [5.41, 5.74) is 4.45. The van der Waals surface area contributed by atoms with Gasteiger partial charge in [-0.25, -0.2) is 4.79 Å². The van der Waals surface area contributed by atoms with Gasteiger partial charge in [-0.05, 0) is 49.6 Å². The summed E-state index contributed by atoms with van der Waals surface area (Å²) in [6, 6.07) is 10.8. The topological polar surface area (TPSA) is 62.8 Å². The summed E-state index contributed by atoms with van der Waals surface area (Å²) >= 11 is 5.91. The van der Waals surface area contributed by atoms with Gasteiger partial charge in [-0.3, -0.25) is 15.6 Å². The lowest BCUT2D eigenvalue weighted by Crippen LogP contribution is -2.45. The fraction of sp³-hybridized carbons (Fsp3) is 0.318. The van der Waals surface area contributed by atoms with Crippen LogP contribution in [0, 0.1) is 6.92 Å². The molecular formula is C22H21ClF3N3O3. The first kappa shape index (κ1) is 22.4. The Hall–Kier alpha value is -2.75. The molecule has 2 aromatic rings. The smallest absolute Gasteiger partial charge is 0.351 e. The Bertz CT molecular complexity index is 1030. The Kier molecular flexibility index (Phi) is 6.07. The number of amides is 1. The molecule has 32 heavy (non-hydrogen) atoms. The molecule has 6 nitrogen and oxygen atoms in total. The van der Waals surface area contributed by atoms with Gasteiger partial charge in [0.25, 0.3) is 0 Å². The molecule has 0 radical (unpaired) electrons. The van der Waals surface area contributed by atoms with Gasteiger partial charge in [0, 0.05) is 13.1 Å². The number of rotatable bonds is 3. The molecule has 1 saturated heterocycles. The van der Waals surface area contributed by atoms with E-state index in [1.54, 1.807) is 0 Å². The van der Waals surface area contributed by atoms with Crippen molar-refractivity contribution in [3.63, 3.8) is 0 Å². The number of hydroxylamine groups is 3. The van der Waals surface area contributed by atoms with Crippen molar-refractivity contribution < 1.29 is 27.6 Å². The SMILES string of the molecule is Cc1ccc(C2=CC3(CCN(OC(=O)Nc4cc(C(F)(F)F)ccc4Cl)CC3)ON2)cc1. The van der Waals surface area contributed by atoms with E-state index in [1.165, 1.54) is 5.06 Å². The van der Waals surface area contributed by atoms with Gasteiger partial charge in [-0.15, -0.1) is 5.06 Å². The standard InChI is InChI=1S/C22H21ClF3N3O3/c1-14-2-4-15(5-3-14)19-13-21(32-28-19)8-10-29(11-9-21)31-20(30)27-18-12-16(22(24,25)26)6-7-17(18)23/h2-7,12-13,28H,8-11H2,1H3,(H,27,30). The molecule has 4 rings (SSSR count). The molecule has 1 amide bonds. The van der Waals surface area contributed by atoms with Crippen molar-refractivity contribution in [1.82, 2.24) is 10.5 Å². The number of carbonyl (C=O) groups excluding carboxylic acids is 1. The lowest BCUT2D eigenvalue weighted by atomic mass is 9.91. The summed E-state index contributed by atoms with van der Waals surface area (Å²) in [6.07, 6.45) is -2.30. The van der Waals surface area contributed by atoms with Gasteiger partial charge in [-0.1, -0.05) is 41.4 Å². The van der Waals surface area contributed by atoms with Crippen LogP contribution in [0.5, 0.6) is 0 Å². The molecule has 2 aliphatic heterocycles. The number of aryl methyl sites for hydroxylation is 1. The number of carbonyl (C=O) groups is 1. The van der Waals surface area contributed by atoms with E-state index in [0.29, 0.717) is 25.9 Å². The summed E-state index contributed by atoms with van der Waals surface area (Å²) < 4.78 is 38.7. The minimum atomic E-state index is -4.55. The zero-order chi connectivity index (χ0) is 22.9. The van der Waals surface area contributed by atoms with E-state index < -0.39 is 23.4 Å². The number of piperidine rings is 1. The third-order valence-corrected chi connectivity index (χ3v) is 5.77. The minimum absolute atomic E-state index is 0.0215. The molecule has 10 heteroatoms. The highest BCUT2D eigenvalue weighted by Gasteiger charge is 2.40. The number of halogens is 4. The first-order valence-corrected chi connectivity index (χ1v) is 10.4. The average molecular weight is 468 g/mol. The van der Waals surface area contributed by atoms with Gasteiger partial charge >= 0.3 is 12.3 Å². The average Bonchev–Trinajstić information content (AvgIpc) is 3.15. The molecule has 2 aliphatic rings. The molecule has 0 bridgehead atoms. The maximum atomic E-state index is 12.9. The van der Waals surface area contributed by atoms with Crippen molar-refractivity contribution in [2.75, 3.05) is 18.4 Å². The second kappa shape index (κ2) is 8.65. The number of alkyl halides is 3. The Labute approximate surface area is 187 Å². The van der Waals surface area contributed by atoms with Crippen LogP contribution in [-0.2, 0) is 15.9 Å². The Morgan fingerprint density at radius 1 is 1.19 bits per heavy atom. The molecule has 2 heterocycles. The first-order valence-electron chi connectivity index (χ1n) is 9.98. The lowest BCUT2D eigenvalue weighted by Gasteiger charge is -2.35. The van der Waals surface area contributed by atoms with Crippen molar-refractivity contribution in [3.8, 4) is 0 Å². The van der Waals surface area contributed by atoms with E-state index in [4.69, 9.17) is 21.3 Å². The normalized spacial score (nSPS) is 18.2. The highest BCUT2D eigenvalue weighted by Crippen LogP contribution is 2.36. The Balaban J connectivity index is 1.34. The number of hydrogen-bond acceptors (Lipinski definition) is 5. The molecule has 0 aromatic heterocycles. The third kappa shape index (κ3) is 5.01. The molecule has 1 fully saturated rings. The minimum Gasteiger partial charge on any atom is -0.351 e. The van der Waals surface area contributed by atoms with Crippen LogP contribution in [0.3, 0.4) is 0 Å². The zero-order valence-electron chi connectivity index (χ0n) is 17.1. The van der Waals surface area contributed by atoms with E-state index in [-0.39, 0.29) is 10.7 Å². The van der Waals surface area contributed by atoms with Crippen molar-refractivity contribution in [2.45, 2.75) is 31.5 Å². The Morgan fingerprint density at radius 2 is 1.88 bits per heavy atom. The first-order chi connectivity index (χ1) is 15.1. The molecule has 0 saturated carbocycles. The second-order valence-electron chi connectivity index (χ2n) is 7.82. The van der Waals surface area contributed by atoms with Gasteiger partial charge in [0.2, 0.25) is 0 Å². The van der Waals surface area contributed by atoms with E-state index in [9.17, 15) is 18.0 Å². The van der Waals surface area contributed by atoms with Crippen LogP contribution in [-0.4, -0.2) is 29.8 Å². The zero-order valence-corrected chi connectivity index (χ0v) is 17.9. The van der Waals surface area contributed by atoms with Crippen LogP contribution in [0.25, 0.3) is 5.70 Å². The van der Waals surface area contributed by atoms with Gasteiger partial charge < -0.3 is 4.84 Å². The van der Waals surface area contributed by atoms with Gasteiger partial charge in [0.05, 0.1) is 22.0 Å². The van der Waals surface area contributed by atoms with E-state index in [1.807, 2.05) is 37.3 Å². The number of nitrogens with one attached hydrogen (secondary N) is 2. The van der Waals surface area contributed by atoms with Gasteiger partial charge in [0.1, 0.15) is 5.60 Å². The fourth-order valence-corrected chi connectivity index (χ4v) is 3.77. The summed E-state index contributed by atoms with van der Waals surface area (Å²) in [4.78, 5) is 23.3. The molecule has 0 unspecified atom stereocenters. The number of anilines is 1. The molecule has 0 aliphatic carbocycles. The fourth-order valence-electron chi connectivity index (χ4n) is 3.60. The van der Waals surface area contributed by atoms with Gasteiger partial charge in [0.15, 0.2) is 0 Å². The highest BCUT2D eigenvalue weighted by atomic mass is 35.5. The molecule has 0 atom stereocenters. The molecule has 2 N–H and O–H groups in total. The van der Waals surface area contributed by atoms with Crippen LogP contribution in [0.2, 0.25) is 5.02 Å². The van der Waals surface area contributed by atoms with Crippen molar-refractivity contribution >= 4 is 29.1 Å². The highest BCUT2D eigenvalue weighted by molar-refractivity contribution is 6.33. The summed E-state index contributed by atoms with van der Waals surface area (Å²) in [6.45, 7) is 2.80. The number of benzene rings is 2. The molecule has 2 aromatic carbocycles. The monoisotopic (exact) mass is 467 g/mol. The predicted molar refractivity (Wildman–Crippen MR) is 113 cm³/mol. The van der Waals surface area contributed by atoms with Crippen LogP contribution in [0.4, 0.5) is 23.7 Å². The van der Waals surface area contributed by atoms with Crippen molar-refractivity contribution in [3.05, 3.63) is 70.3 Å². The summed E-state index contributed by atoms with van der Waals surface area (Å²) in [5.74, 6) is 0. The lowest BCUT2D eigenvalue weighted by molar-refractivity contribution is -0.153. The van der Waals surface area contributed by atoms with Crippen molar-refractivity contribution in [1.29, 1.82) is 0 Å². The number of nitrogens with zero attached hydrogens (tertiary/aromatic N) is 1. The van der Waals surface area contributed by atoms with Gasteiger partial charge in [-0.2, -0.15) is 13.2 Å². The van der Waals surface area contributed by atoms with Crippen molar-refractivity contribution in [2.24, 2.45) is 0 Å².